The summed E-state index contributed by atoms with van der Waals surface area (Å²) >= 11 is 0. The fraction of sp³-hybridized carbons (Fsp3) is 0.158. The lowest BCUT2D eigenvalue weighted by Crippen LogP contribution is -2.07. The zero-order chi connectivity index (χ0) is 14.2. The Morgan fingerprint density at radius 2 is 1.81 bits per heavy atom. The highest BCUT2D eigenvalue weighted by Crippen LogP contribution is 2.32. The van der Waals surface area contributed by atoms with Gasteiger partial charge in [-0.1, -0.05) is 43.3 Å². The molecule has 21 heavy (non-hydrogen) atoms. The van der Waals surface area contributed by atoms with Crippen LogP contribution in [0, 0.1) is 0 Å². The third-order valence-electron chi connectivity index (χ3n) is 4.33. The van der Waals surface area contributed by atoms with Crippen LogP contribution in [0.25, 0.3) is 21.8 Å². The molecule has 1 unspecified atom stereocenters. The number of hydrogen-bond acceptors (Lipinski definition) is 0. The summed E-state index contributed by atoms with van der Waals surface area (Å²) in [5.41, 5.74) is 3.88. The first kappa shape index (κ1) is 12.3. The molecule has 0 spiro atoms. The van der Waals surface area contributed by atoms with Crippen molar-refractivity contribution in [3.63, 3.8) is 0 Å². The molecule has 0 saturated heterocycles. The van der Waals surface area contributed by atoms with Gasteiger partial charge in [0.05, 0.1) is 6.04 Å². The van der Waals surface area contributed by atoms with Crippen molar-refractivity contribution in [3.05, 3.63) is 72.6 Å². The van der Waals surface area contributed by atoms with Gasteiger partial charge in [-0.25, -0.2) is 0 Å². The molecule has 4 rings (SSSR count). The lowest BCUT2D eigenvalue weighted by molar-refractivity contribution is 0.589. The minimum absolute atomic E-state index is 0.362. The molecule has 1 atom stereocenters. The summed E-state index contributed by atoms with van der Waals surface area (Å²) in [6.07, 6.45) is 5.44. The standard InChI is InChI=1S/C19H18N2/c1-2-18(16-13-20-17-9-5-4-8-15(16)17)21-12-11-14-7-3-6-10-19(14)21/h3-13,18,20H,2H2,1H3. The molecule has 1 N–H and O–H groups in total. The number of aromatic nitrogens is 2. The normalized spacial score (nSPS) is 13.0. The van der Waals surface area contributed by atoms with Crippen molar-refractivity contribution in [3.8, 4) is 0 Å². The Kier molecular flexibility index (Phi) is 2.81. The van der Waals surface area contributed by atoms with E-state index >= 15 is 0 Å². The zero-order valence-electron chi connectivity index (χ0n) is 12.1. The predicted molar refractivity (Wildman–Crippen MR) is 88.7 cm³/mol. The maximum atomic E-state index is 3.40. The Morgan fingerprint density at radius 3 is 2.71 bits per heavy atom. The Labute approximate surface area is 124 Å². The molecule has 0 amide bonds. The van der Waals surface area contributed by atoms with E-state index in [1.807, 2.05) is 0 Å². The molecule has 0 aliphatic rings. The molecule has 104 valence electrons. The molecule has 0 bridgehead atoms. The Morgan fingerprint density at radius 1 is 1.00 bits per heavy atom. The number of benzene rings is 2. The van der Waals surface area contributed by atoms with Gasteiger partial charge >= 0.3 is 0 Å². The largest absolute Gasteiger partial charge is 0.361 e. The molecule has 0 radical (unpaired) electrons. The summed E-state index contributed by atoms with van der Waals surface area (Å²) in [6.45, 7) is 2.25. The molecular weight excluding hydrogens is 256 g/mol. The molecule has 0 fully saturated rings. The molecule has 0 aliphatic heterocycles. The van der Waals surface area contributed by atoms with Crippen molar-refractivity contribution >= 4 is 21.8 Å². The number of hydrogen-bond donors (Lipinski definition) is 1. The summed E-state index contributed by atoms with van der Waals surface area (Å²) in [7, 11) is 0. The smallest absolute Gasteiger partial charge is 0.0604 e. The molecule has 2 heteroatoms. The van der Waals surface area contributed by atoms with Crippen molar-refractivity contribution in [2.24, 2.45) is 0 Å². The Bertz CT molecular complexity index is 824. The van der Waals surface area contributed by atoms with Crippen LogP contribution in [-0.4, -0.2) is 9.55 Å². The predicted octanol–water partition coefficient (Wildman–Crippen LogP) is 5.12. The number of nitrogens with one attached hydrogen (secondary N) is 1. The van der Waals surface area contributed by atoms with E-state index in [9.17, 15) is 0 Å². The second-order valence-electron chi connectivity index (χ2n) is 5.50. The molecule has 0 aliphatic carbocycles. The second-order valence-corrected chi connectivity index (χ2v) is 5.50. The molecule has 2 nitrogen and oxygen atoms in total. The zero-order valence-corrected chi connectivity index (χ0v) is 12.1. The Balaban J connectivity index is 1.92. The molecule has 2 heterocycles. The fourth-order valence-electron chi connectivity index (χ4n) is 3.31. The van der Waals surface area contributed by atoms with E-state index in [1.165, 1.54) is 27.4 Å². The summed E-state index contributed by atoms with van der Waals surface area (Å²) < 4.78 is 2.39. The molecule has 2 aromatic carbocycles. The summed E-state index contributed by atoms with van der Waals surface area (Å²) in [5, 5.41) is 2.62. The van der Waals surface area contributed by atoms with Crippen LogP contribution in [0.2, 0.25) is 0 Å². The average Bonchev–Trinajstić information content (AvgIpc) is 3.14. The van der Waals surface area contributed by atoms with Crippen molar-refractivity contribution in [2.75, 3.05) is 0 Å². The van der Waals surface area contributed by atoms with Gasteiger partial charge in [0.15, 0.2) is 0 Å². The monoisotopic (exact) mass is 274 g/mol. The first-order valence-corrected chi connectivity index (χ1v) is 7.50. The first-order valence-electron chi connectivity index (χ1n) is 7.50. The van der Waals surface area contributed by atoms with Crippen LogP contribution in [0.4, 0.5) is 0 Å². The van der Waals surface area contributed by atoms with Crippen molar-refractivity contribution in [1.29, 1.82) is 0 Å². The van der Waals surface area contributed by atoms with E-state index in [2.05, 4.69) is 83.5 Å². The molecule has 2 aromatic heterocycles. The number of H-pyrrole nitrogens is 1. The van der Waals surface area contributed by atoms with E-state index in [1.54, 1.807) is 0 Å². The van der Waals surface area contributed by atoms with E-state index in [0.29, 0.717) is 6.04 Å². The van der Waals surface area contributed by atoms with E-state index in [-0.39, 0.29) is 0 Å². The van der Waals surface area contributed by atoms with E-state index in [0.717, 1.165) is 6.42 Å². The van der Waals surface area contributed by atoms with Gasteiger partial charge in [0.25, 0.3) is 0 Å². The van der Waals surface area contributed by atoms with Crippen molar-refractivity contribution < 1.29 is 0 Å². The number of rotatable bonds is 3. The number of nitrogens with zero attached hydrogens (tertiary/aromatic N) is 1. The van der Waals surface area contributed by atoms with Crippen LogP contribution in [0.3, 0.4) is 0 Å². The lowest BCUT2D eigenvalue weighted by Gasteiger charge is -2.18. The van der Waals surface area contributed by atoms with Gasteiger partial charge in [-0.05, 0) is 30.0 Å². The fourth-order valence-corrected chi connectivity index (χ4v) is 3.31. The molecule has 4 aromatic rings. The number of para-hydroxylation sites is 2. The van der Waals surface area contributed by atoms with Gasteiger partial charge < -0.3 is 9.55 Å². The van der Waals surface area contributed by atoms with E-state index in [4.69, 9.17) is 0 Å². The third kappa shape index (κ3) is 1.87. The van der Waals surface area contributed by atoms with E-state index < -0.39 is 0 Å². The minimum Gasteiger partial charge on any atom is -0.361 e. The van der Waals surface area contributed by atoms with Gasteiger partial charge in [0, 0.05) is 34.4 Å². The van der Waals surface area contributed by atoms with Crippen LogP contribution in [0.15, 0.2) is 67.0 Å². The van der Waals surface area contributed by atoms with Crippen molar-refractivity contribution in [1.82, 2.24) is 9.55 Å². The maximum Gasteiger partial charge on any atom is 0.0604 e. The highest BCUT2D eigenvalue weighted by atomic mass is 15.0. The number of fused-ring (bicyclic) bond motifs is 2. The van der Waals surface area contributed by atoms with Crippen LogP contribution >= 0.6 is 0 Å². The van der Waals surface area contributed by atoms with Crippen LogP contribution in [-0.2, 0) is 0 Å². The minimum atomic E-state index is 0.362. The Hall–Kier alpha value is -2.48. The highest BCUT2D eigenvalue weighted by Gasteiger charge is 2.17. The summed E-state index contributed by atoms with van der Waals surface area (Å²) in [5.74, 6) is 0. The topological polar surface area (TPSA) is 20.7 Å². The van der Waals surface area contributed by atoms with Gasteiger partial charge in [-0.2, -0.15) is 0 Å². The van der Waals surface area contributed by atoms with Crippen LogP contribution in [0.5, 0.6) is 0 Å². The van der Waals surface area contributed by atoms with Gasteiger partial charge in [0.2, 0.25) is 0 Å². The highest BCUT2D eigenvalue weighted by molar-refractivity contribution is 5.85. The SMILES string of the molecule is CCC(c1c[nH]c2ccccc12)n1ccc2ccccc21. The number of aromatic amines is 1. The maximum absolute atomic E-state index is 3.40. The first-order chi connectivity index (χ1) is 10.4. The van der Waals surface area contributed by atoms with Gasteiger partial charge in [-0.15, -0.1) is 0 Å². The molecule has 0 saturated carbocycles. The second kappa shape index (κ2) is 4.81. The molecular formula is C19H18N2. The lowest BCUT2D eigenvalue weighted by atomic mass is 10.0. The van der Waals surface area contributed by atoms with Crippen LogP contribution in [0.1, 0.15) is 24.9 Å². The van der Waals surface area contributed by atoms with Gasteiger partial charge in [-0.3, -0.25) is 0 Å². The third-order valence-corrected chi connectivity index (χ3v) is 4.33. The van der Waals surface area contributed by atoms with Crippen molar-refractivity contribution in [2.45, 2.75) is 19.4 Å². The summed E-state index contributed by atoms with van der Waals surface area (Å²) in [6, 6.07) is 19.7. The summed E-state index contributed by atoms with van der Waals surface area (Å²) in [4.78, 5) is 3.40. The quantitative estimate of drug-likeness (QED) is 0.535. The average molecular weight is 274 g/mol. The van der Waals surface area contributed by atoms with Crippen LogP contribution < -0.4 is 0 Å². The van der Waals surface area contributed by atoms with Gasteiger partial charge in [0.1, 0.15) is 0 Å².